The summed E-state index contributed by atoms with van der Waals surface area (Å²) in [5, 5.41) is 3.50. The Morgan fingerprint density at radius 2 is 1.94 bits per heavy atom. The first-order valence-corrected chi connectivity index (χ1v) is 9.06. The van der Waals surface area contributed by atoms with Crippen molar-refractivity contribution < 1.29 is 8.42 Å². The van der Waals surface area contributed by atoms with Crippen molar-refractivity contribution in [3.05, 3.63) is 0 Å². The van der Waals surface area contributed by atoms with Gasteiger partial charge in [0.15, 0.2) is 9.84 Å². The van der Waals surface area contributed by atoms with E-state index in [4.69, 9.17) is 0 Å². The van der Waals surface area contributed by atoms with Gasteiger partial charge in [0, 0.05) is 37.5 Å². The molecule has 0 aromatic carbocycles. The molecule has 1 saturated carbocycles. The number of rotatable bonds is 4. The average Bonchev–Trinajstić information content (AvgIpc) is 2.39. The standard InChI is InChI=1S/C13H26N2O2S/c1-2-18(16,17)11-10-15-9-8-14-12-13(15)6-4-3-5-7-13/h14H,2-12H2,1H3. The lowest BCUT2D eigenvalue weighted by Gasteiger charge is -2.50. The predicted octanol–water partition coefficient (Wildman–Crippen LogP) is 1.03. The monoisotopic (exact) mass is 274 g/mol. The number of sulfone groups is 1. The van der Waals surface area contributed by atoms with Gasteiger partial charge in [-0.1, -0.05) is 26.2 Å². The molecule has 0 radical (unpaired) electrons. The van der Waals surface area contributed by atoms with E-state index >= 15 is 0 Å². The first-order chi connectivity index (χ1) is 8.58. The fraction of sp³-hybridized carbons (Fsp3) is 1.00. The van der Waals surface area contributed by atoms with Crippen LogP contribution in [0.4, 0.5) is 0 Å². The van der Waals surface area contributed by atoms with Crippen LogP contribution < -0.4 is 5.32 Å². The molecule has 1 spiro atoms. The topological polar surface area (TPSA) is 49.4 Å². The average molecular weight is 274 g/mol. The summed E-state index contributed by atoms with van der Waals surface area (Å²) < 4.78 is 23.3. The Labute approximate surface area is 111 Å². The Balaban J connectivity index is 1.99. The normalized spacial score (nSPS) is 25.4. The van der Waals surface area contributed by atoms with E-state index in [1.165, 1.54) is 32.1 Å². The largest absolute Gasteiger partial charge is 0.314 e. The Morgan fingerprint density at radius 3 is 2.61 bits per heavy atom. The lowest BCUT2D eigenvalue weighted by Crippen LogP contribution is -2.62. The second kappa shape index (κ2) is 5.88. The molecule has 1 heterocycles. The minimum Gasteiger partial charge on any atom is -0.314 e. The fourth-order valence-electron chi connectivity index (χ4n) is 3.33. The van der Waals surface area contributed by atoms with Gasteiger partial charge in [-0.25, -0.2) is 8.42 Å². The second-order valence-corrected chi connectivity index (χ2v) is 8.16. The van der Waals surface area contributed by atoms with Crippen molar-refractivity contribution in [2.45, 2.75) is 44.6 Å². The molecule has 1 aliphatic carbocycles. The number of nitrogens with one attached hydrogen (secondary N) is 1. The van der Waals surface area contributed by atoms with Crippen molar-refractivity contribution in [3.8, 4) is 0 Å². The van der Waals surface area contributed by atoms with Crippen molar-refractivity contribution in [1.29, 1.82) is 0 Å². The van der Waals surface area contributed by atoms with Crippen molar-refractivity contribution in [2.24, 2.45) is 0 Å². The summed E-state index contributed by atoms with van der Waals surface area (Å²) in [6.45, 7) is 5.49. The molecule has 0 atom stereocenters. The van der Waals surface area contributed by atoms with Crippen molar-refractivity contribution in [1.82, 2.24) is 10.2 Å². The van der Waals surface area contributed by atoms with E-state index in [0.29, 0.717) is 5.75 Å². The molecule has 2 aliphatic rings. The van der Waals surface area contributed by atoms with Gasteiger partial charge in [-0.05, 0) is 12.8 Å². The summed E-state index contributed by atoms with van der Waals surface area (Å²) >= 11 is 0. The lowest BCUT2D eigenvalue weighted by atomic mass is 9.79. The van der Waals surface area contributed by atoms with Gasteiger partial charge in [-0.2, -0.15) is 0 Å². The first-order valence-electron chi connectivity index (χ1n) is 7.24. The van der Waals surface area contributed by atoms with Gasteiger partial charge in [0.2, 0.25) is 0 Å². The van der Waals surface area contributed by atoms with E-state index in [1.54, 1.807) is 6.92 Å². The second-order valence-electron chi connectivity index (χ2n) is 5.69. The Kier molecular flexibility index (Phi) is 4.67. The summed E-state index contributed by atoms with van der Waals surface area (Å²) in [7, 11) is -2.84. The van der Waals surface area contributed by atoms with Crippen LogP contribution in [0.15, 0.2) is 0 Å². The van der Waals surface area contributed by atoms with Crippen LogP contribution in [-0.4, -0.2) is 56.5 Å². The Morgan fingerprint density at radius 1 is 1.22 bits per heavy atom. The summed E-state index contributed by atoms with van der Waals surface area (Å²) in [6.07, 6.45) is 6.37. The molecule has 1 aliphatic heterocycles. The van der Waals surface area contributed by atoms with Crippen molar-refractivity contribution in [2.75, 3.05) is 37.7 Å². The van der Waals surface area contributed by atoms with Crippen LogP contribution in [0.1, 0.15) is 39.0 Å². The number of nitrogens with zero attached hydrogens (tertiary/aromatic N) is 1. The lowest BCUT2D eigenvalue weighted by molar-refractivity contribution is 0.0330. The van der Waals surface area contributed by atoms with Crippen LogP contribution in [-0.2, 0) is 9.84 Å². The third-order valence-electron chi connectivity index (χ3n) is 4.58. The molecule has 0 aromatic heterocycles. The highest BCUT2D eigenvalue weighted by atomic mass is 32.2. The van der Waals surface area contributed by atoms with Gasteiger partial charge in [0.05, 0.1) is 5.75 Å². The zero-order chi connectivity index (χ0) is 13.1. The van der Waals surface area contributed by atoms with Gasteiger partial charge in [0.1, 0.15) is 0 Å². The molecule has 2 fully saturated rings. The minimum absolute atomic E-state index is 0.250. The molecule has 0 aromatic rings. The predicted molar refractivity (Wildman–Crippen MR) is 74.6 cm³/mol. The summed E-state index contributed by atoms with van der Waals surface area (Å²) in [5.74, 6) is 0.595. The van der Waals surface area contributed by atoms with Crippen LogP contribution in [0.3, 0.4) is 0 Å². The van der Waals surface area contributed by atoms with Gasteiger partial charge in [-0.3, -0.25) is 4.90 Å². The molecule has 2 rings (SSSR count). The minimum atomic E-state index is -2.84. The number of hydrogen-bond donors (Lipinski definition) is 1. The molecule has 106 valence electrons. The fourth-order valence-corrected chi connectivity index (χ4v) is 4.12. The van der Waals surface area contributed by atoms with Crippen molar-refractivity contribution in [3.63, 3.8) is 0 Å². The van der Waals surface area contributed by atoms with Gasteiger partial charge >= 0.3 is 0 Å². The van der Waals surface area contributed by atoms with E-state index in [1.807, 2.05) is 0 Å². The molecule has 1 saturated heterocycles. The van der Waals surface area contributed by atoms with Crippen LogP contribution >= 0.6 is 0 Å². The molecule has 5 heteroatoms. The smallest absolute Gasteiger partial charge is 0.151 e. The first kappa shape index (κ1) is 14.3. The summed E-state index contributed by atoms with van der Waals surface area (Å²) in [6, 6.07) is 0. The molecular formula is C13H26N2O2S. The molecule has 18 heavy (non-hydrogen) atoms. The third kappa shape index (κ3) is 3.25. The van der Waals surface area contributed by atoms with Crippen LogP contribution in [0.25, 0.3) is 0 Å². The summed E-state index contributed by atoms with van der Waals surface area (Å²) in [4.78, 5) is 2.45. The molecule has 1 N–H and O–H groups in total. The Bertz CT molecular complexity index is 353. The zero-order valence-electron chi connectivity index (χ0n) is 11.5. The van der Waals surface area contributed by atoms with Gasteiger partial charge in [-0.15, -0.1) is 0 Å². The zero-order valence-corrected chi connectivity index (χ0v) is 12.3. The van der Waals surface area contributed by atoms with Crippen LogP contribution in [0.5, 0.6) is 0 Å². The molecule has 0 unspecified atom stereocenters. The maximum atomic E-state index is 11.7. The van der Waals surface area contributed by atoms with Gasteiger partial charge in [0.25, 0.3) is 0 Å². The molecule has 0 bridgehead atoms. The highest BCUT2D eigenvalue weighted by molar-refractivity contribution is 7.91. The molecule has 0 amide bonds. The van der Waals surface area contributed by atoms with E-state index in [9.17, 15) is 8.42 Å². The van der Waals surface area contributed by atoms with E-state index in [2.05, 4.69) is 10.2 Å². The highest BCUT2D eigenvalue weighted by Gasteiger charge is 2.39. The van der Waals surface area contributed by atoms with E-state index < -0.39 is 9.84 Å². The Hall–Kier alpha value is -0.130. The molecule has 4 nitrogen and oxygen atoms in total. The number of piperazine rings is 1. The van der Waals surface area contributed by atoms with Crippen LogP contribution in [0.2, 0.25) is 0 Å². The van der Waals surface area contributed by atoms with E-state index in [-0.39, 0.29) is 11.3 Å². The maximum Gasteiger partial charge on any atom is 0.151 e. The van der Waals surface area contributed by atoms with Gasteiger partial charge < -0.3 is 5.32 Å². The number of hydrogen-bond acceptors (Lipinski definition) is 4. The third-order valence-corrected chi connectivity index (χ3v) is 6.26. The summed E-state index contributed by atoms with van der Waals surface area (Å²) in [5.41, 5.74) is 0.250. The maximum absolute atomic E-state index is 11.7. The quantitative estimate of drug-likeness (QED) is 0.832. The SMILES string of the molecule is CCS(=O)(=O)CCN1CCNCC12CCCCC2. The molecular weight excluding hydrogens is 248 g/mol. The highest BCUT2D eigenvalue weighted by Crippen LogP contribution is 2.34. The van der Waals surface area contributed by atoms with Crippen LogP contribution in [0, 0.1) is 0 Å². The van der Waals surface area contributed by atoms with Crippen molar-refractivity contribution >= 4 is 9.84 Å². The van der Waals surface area contributed by atoms with E-state index in [0.717, 1.165) is 26.2 Å².